The van der Waals surface area contributed by atoms with Crippen molar-refractivity contribution in [3.63, 3.8) is 0 Å². The van der Waals surface area contributed by atoms with Crippen molar-refractivity contribution in [3.05, 3.63) is 42.0 Å². The van der Waals surface area contributed by atoms with Gasteiger partial charge in [-0.3, -0.25) is 9.59 Å². The van der Waals surface area contributed by atoms with Gasteiger partial charge in [0.1, 0.15) is 11.5 Å². The minimum absolute atomic E-state index is 0.0376. The number of aryl methyl sites for hydroxylation is 1. The Morgan fingerprint density at radius 3 is 2.58 bits per heavy atom. The summed E-state index contributed by atoms with van der Waals surface area (Å²) in [7, 11) is 1.43. The van der Waals surface area contributed by atoms with E-state index < -0.39 is 11.2 Å². The highest BCUT2D eigenvalue weighted by atomic mass is 32.2. The first-order valence-electron chi connectivity index (χ1n) is 15.4. The monoisotopic (exact) mass is 574 g/mol. The zero-order valence-electron chi connectivity index (χ0n) is 24.7. The van der Waals surface area contributed by atoms with Crippen LogP contribution in [0.15, 0.2) is 41.3 Å². The lowest BCUT2D eigenvalue weighted by atomic mass is 9.86. The topological polar surface area (TPSA) is 84.9 Å². The number of rotatable bonds is 18. The lowest BCUT2D eigenvalue weighted by Crippen LogP contribution is -2.31. The molecular weight excluding hydrogens is 524 g/mol. The molecule has 0 bridgehead atoms. The number of methoxy groups -OCH3 is 1. The molecule has 0 aromatic heterocycles. The fourth-order valence-electron chi connectivity index (χ4n) is 5.79. The predicted octanol–water partition coefficient (Wildman–Crippen LogP) is 7.24. The highest BCUT2D eigenvalue weighted by Crippen LogP contribution is 2.39. The van der Waals surface area contributed by atoms with Crippen molar-refractivity contribution >= 4 is 22.9 Å². The third kappa shape index (κ3) is 11.7. The van der Waals surface area contributed by atoms with Crippen molar-refractivity contribution in [2.24, 2.45) is 11.8 Å². The average molecular weight is 575 g/mol. The second kappa shape index (κ2) is 18.7. The summed E-state index contributed by atoms with van der Waals surface area (Å²) >= 11 is -0.920. The van der Waals surface area contributed by atoms with E-state index >= 15 is 0 Å². The maximum Gasteiger partial charge on any atom is 0.305 e. The van der Waals surface area contributed by atoms with Gasteiger partial charge in [-0.2, -0.15) is 0 Å². The van der Waals surface area contributed by atoms with Gasteiger partial charge in [-0.25, -0.2) is 0 Å². The number of hydrogen-bond acceptors (Lipinski definition) is 6. The first-order chi connectivity index (χ1) is 19.5. The number of allylic oxidation sites excluding steroid dienone is 2. The van der Waals surface area contributed by atoms with E-state index in [2.05, 4.69) is 12.2 Å². The molecule has 40 heavy (non-hydrogen) atoms. The molecular formula is C33H50O6S. The van der Waals surface area contributed by atoms with Crippen LogP contribution in [0.3, 0.4) is 0 Å². The molecule has 0 radical (unpaired) electrons. The van der Waals surface area contributed by atoms with E-state index in [-0.39, 0.29) is 30.2 Å². The second-order valence-corrected chi connectivity index (χ2v) is 12.9. The Kier molecular flexibility index (Phi) is 15.4. The third-order valence-electron chi connectivity index (χ3n) is 8.21. The molecule has 1 aromatic carbocycles. The van der Waals surface area contributed by atoms with Crippen molar-refractivity contribution in [2.45, 2.75) is 121 Å². The summed E-state index contributed by atoms with van der Waals surface area (Å²) in [5.41, 5.74) is 1.19. The first kappa shape index (κ1) is 32.8. The van der Waals surface area contributed by atoms with E-state index in [9.17, 15) is 14.1 Å². The molecule has 1 aromatic rings. The van der Waals surface area contributed by atoms with Gasteiger partial charge in [-0.05, 0) is 100 Å². The van der Waals surface area contributed by atoms with Crippen LogP contribution in [0.2, 0.25) is 0 Å². The zero-order valence-corrected chi connectivity index (χ0v) is 25.5. The molecule has 0 amide bonds. The number of ketones is 1. The van der Waals surface area contributed by atoms with Gasteiger partial charge >= 0.3 is 5.97 Å². The number of hydrogen-bond donors (Lipinski definition) is 0. The molecule has 2 unspecified atom stereocenters. The standard InChI is InChI=1S/C33H50O6S/c1-26-19-21-27(22-20-26)40(36)24-14-8-4-3-5-10-16-29-28(15-9-6-7-11-17-32(35)37-2)30(34)25-31(29)39-33-18-12-13-23-38-33/h5,10,19-22,28-29,31,33H,3-4,6-9,11-18,23-25H2,1-2H3/b10-5+/t28-,29-,31-,33?,40?/m1/s1. The van der Waals surface area contributed by atoms with Gasteiger partial charge in [0.05, 0.1) is 13.2 Å². The van der Waals surface area contributed by atoms with Crippen LogP contribution in [-0.2, 0) is 35.0 Å². The lowest BCUT2D eigenvalue weighted by molar-refractivity contribution is -0.195. The third-order valence-corrected chi connectivity index (χ3v) is 9.67. The van der Waals surface area contributed by atoms with E-state index in [0.29, 0.717) is 24.4 Å². The van der Waals surface area contributed by atoms with Gasteiger partial charge in [0, 0.05) is 25.4 Å². The van der Waals surface area contributed by atoms with E-state index in [0.717, 1.165) is 95.0 Å². The molecule has 1 saturated carbocycles. The van der Waals surface area contributed by atoms with Gasteiger partial charge in [0.2, 0.25) is 0 Å². The van der Waals surface area contributed by atoms with Crippen LogP contribution >= 0.6 is 0 Å². The summed E-state index contributed by atoms with van der Waals surface area (Å²) < 4.78 is 29.4. The number of carbonyl (C=O) groups is 2. The maximum atomic E-state index is 13.0. The van der Waals surface area contributed by atoms with Crippen LogP contribution in [0.4, 0.5) is 0 Å². The van der Waals surface area contributed by atoms with Gasteiger partial charge in [0.25, 0.3) is 0 Å². The van der Waals surface area contributed by atoms with Crippen LogP contribution in [0.1, 0.15) is 102 Å². The van der Waals surface area contributed by atoms with Crippen LogP contribution in [0, 0.1) is 18.8 Å². The molecule has 5 atom stereocenters. The highest BCUT2D eigenvalue weighted by Gasteiger charge is 2.43. The predicted molar refractivity (Wildman–Crippen MR) is 159 cm³/mol. The second-order valence-electron chi connectivity index (χ2n) is 11.4. The van der Waals surface area contributed by atoms with Gasteiger partial charge in [0.15, 0.2) is 11.2 Å². The smallest absolute Gasteiger partial charge is 0.305 e. The molecule has 1 aliphatic carbocycles. The summed E-state index contributed by atoms with van der Waals surface area (Å²) in [4.78, 5) is 25.3. The molecule has 7 heteroatoms. The number of Topliss-reactive ketones (excluding diaryl/α,β-unsaturated/α-hetero) is 1. The summed E-state index contributed by atoms with van der Waals surface area (Å²) in [6.07, 6.45) is 18.0. The number of carbonyl (C=O) groups excluding carboxylic acids is 2. The fourth-order valence-corrected chi connectivity index (χ4v) is 6.93. The Labute approximate surface area is 244 Å². The van der Waals surface area contributed by atoms with Gasteiger partial charge in [-0.1, -0.05) is 49.1 Å². The van der Waals surface area contributed by atoms with E-state index in [1.807, 2.05) is 31.2 Å². The summed E-state index contributed by atoms with van der Waals surface area (Å²) in [6.45, 7) is 2.78. The Morgan fingerprint density at radius 2 is 1.82 bits per heavy atom. The lowest BCUT2D eigenvalue weighted by Gasteiger charge is -2.29. The Balaban J connectivity index is 1.40. The molecule has 1 aliphatic heterocycles. The van der Waals surface area contributed by atoms with Crippen molar-refractivity contribution in [1.29, 1.82) is 0 Å². The molecule has 0 spiro atoms. The van der Waals surface area contributed by atoms with Crippen LogP contribution in [0.25, 0.3) is 0 Å². The Morgan fingerprint density at radius 1 is 1.05 bits per heavy atom. The largest absolute Gasteiger partial charge is 0.611 e. The molecule has 2 fully saturated rings. The van der Waals surface area contributed by atoms with E-state index in [4.69, 9.17) is 14.2 Å². The Bertz CT molecular complexity index is 895. The molecule has 1 saturated heterocycles. The molecule has 0 N–H and O–H groups in total. The number of ether oxygens (including phenoxy) is 3. The van der Waals surface area contributed by atoms with Crippen LogP contribution in [0.5, 0.6) is 0 Å². The zero-order chi connectivity index (χ0) is 28.6. The van der Waals surface area contributed by atoms with E-state index in [1.54, 1.807) is 0 Å². The maximum absolute atomic E-state index is 13.0. The van der Waals surface area contributed by atoms with E-state index in [1.165, 1.54) is 12.7 Å². The summed E-state index contributed by atoms with van der Waals surface area (Å²) in [6, 6.07) is 7.98. The highest BCUT2D eigenvalue weighted by molar-refractivity contribution is 7.91. The SMILES string of the molecule is COC(=O)CCCCCC[C@H]1C(=O)C[C@@H](OC2CCCCO2)[C@@H]1C/C=C/CCCCC[S+]([O-])c1ccc(C)cc1. The Hall–Kier alpha value is -1.67. The summed E-state index contributed by atoms with van der Waals surface area (Å²) in [5, 5.41) is 0. The molecule has 1 heterocycles. The van der Waals surface area contributed by atoms with Gasteiger partial charge < -0.3 is 18.8 Å². The van der Waals surface area contributed by atoms with Crippen molar-refractivity contribution in [1.82, 2.24) is 0 Å². The normalized spacial score (nSPS) is 24.0. The molecule has 3 rings (SSSR count). The van der Waals surface area contributed by atoms with Crippen LogP contribution in [-0.4, -0.2) is 48.2 Å². The fraction of sp³-hybridized carbons (Fsp3) is 0.697. The quantitative estimate of drug-likeness (QED) is 0.0795. The van der Waals surface area contributed by atoms with Crippen LogP contribution < -0.4 is 0 Å². The summed E-state index contributed by atoms with van der Waals surface area (Å²) in [5.74, 6) is 1.12. The number of unbranched alkanes of at least 4 members (excludes halogenated alkanes) is 6. The minimum atomic E-state index is -0.920. The number of benzene rings is 1. The molecule has 2 aliphatic rings. The minimum Gasteiger partial charge on any atom is -0.611 e. The van der Waals surface area contributed by atoms with Crippen molar-refractivity contribution in [2.75, 3.05) is 19.5 Å². The first-order valence-corrected chi connectivity index (χ1v) is 16.8. The molecule has 224 valence electrons. The number of esters is 1. The average Bonchev–Trinajstić information content (AvgIpc) is 3.25. The molecule has 6 nitrogen and oxygen atoms in total. The van der Waals surface area contributed by atoms with Crippen molar-refractivity contribution in [3.8, 4) is 0 Å². The van der Waals surface area contributed by atoms with Crippen molar-refractivity contribution < 1.29 is 28.4 Å². The van der Waals surface area contributed by atoms with Gasteiger partial charge in [-0.15, -0.1) is 0 Å².